The van der Waals surface area contributed by atoms with E-state index in [0.29, 0.717) is 26.9 Å². The fraction of sp³-hybridized carbons (Fsp3) is 0.130. The summed E-state index contributed by atoms with van der Waals surface area (Å²) in [6.45, 7) is -0.518. The van der Waals surface area contributed by atoms with E-state index < -0.39 is 22.5 Å². The molecule has 0 bridgehead atoms. The predicted molar refractivity (Wildman–Crippen MR) is 129 cm³/mol. The summed E-state index contributed by atoms with van der Waals surface area (Å²) >= 11 is 11.9. The molecule has 0 unspecified atom stereocenters. The molecule has 0 aliphatic rings. The molecule has 172 valence electrons. The molecule has 1 amide bonds. The Balaban J connectivity index is 1.80. The summed E-state index contributed by atoms with van der Waals surface area (Å²) in [5.74, 6) is -0.0240. The van der Waals surface area contributed by atoms with Crippen molar-refractivity contribution in [1.29, 1.82) is 0 Å². The normalized spacial score (nSPS) is 11.6. The number of hydrogen-bond acceptors (Lipinski definition) is 5. The Morgan fingerprint density at radius 3 is 2.45 bits per heavy atom. The maximum Gasteiger partial charge on any atom is 0.255 e. The Bertz CT molecular complexity index is 1250. The highest BCUT2D eigenvalue weighted by Crippen LogP contribution is 2.21. The first-order chi connectivity index (χ1) is 15.8. The van der Waals surface area contributed by atoms with Crippen LogP contribution in [0.3, 0.4) is 0 Å². The number of halogens is 2. The quantitative estimate of drug-likeness (QED) is 0.346. The number of amides is 1. The van der Waals surface area contributed by atoms with Gasteiger partial charge in [0.2, 0.25) is 10.0 Å². The van der Waals surface area contributed by atoms with Crippen molar-refractivity contribution in [2.24, 2.45) is 5.10 Å². The number of carbonyl (C=O) groups is 1. The van der Waals surface area contributed by atoms with Crippen LogP contribution in [0.15, 0.2) is 82.8 Å². The van der Waals surface area contributed by atoms with Crippen LogP contribution in [-0.4, -0.2) is 38.5 Å². The Kier molecular flexibility index (Phi) is 8.46. The molecule has 1 N–H and O–H groups in total. The van der Waals surface area contributed by atoms with Gasteiger partial charge in [0.15, 0.2) is 0 Å². The lowest BCUT2D eigenvalue weighted by atomic mass is 10.2. The van der Waals surface area contributed by atoms with Gasteiger partial charge in [0.25, 0.3) is 5.91 Å². The zero-order valence-electron chi connectivity index (χ0n) is 17.6. The van der Waals surface area contributed by atoms with Gasteiger partial charge in [0.1, 0.15) is 5.75 Å². The Morgan fingerprint density at radius 1 is 1.03 bits per heavy atom. The minimum absolute atomic E-state index is 0.0132. The second kappa shape index (κ2) is 11.3. The number of nitrogens with one attached hydrogen (secondary N) is 1. The van der Waals surface area contributed by atoms with Crippen LogP contribution < -0.4 is 10.2 Å². The summed E-state index contributed by atoms with van der Waals surface area (Å²) < 4.78 is 32.8. The molecule has 0 aliphatic carbocycles. The highest BCUT2D eigenvalue weighted by molar-refractivity contribution is 7.89. The second-order valence-corrected chi connectivity index (χ2v) is 9.70. The third kappa shape index (κ3) is 6.79. The van der Waals surface area contributed by atoms with E-state index in [1.54, 1.807) is 42.5 Å². The van der Waals surface area contributed by atoms with Gasteiger partial charge in [-0.1, -0.05) is 47.5 Å². The molecule has 0 heterocycles. The van der Waals surface area contributed by atoms with Crippen LogP contribution in [0.2, 0.25) is 10.0 Å². The van der Waals surface area contributed by atoms with Crippen LogP contribution in [0.25, 0.3) is 0 Å². The van der Waals surface area contributed by atoms with Gasteiger partial charge < -0.3 is 4.74 Å². The monoisotopic (exact) mass is 505 g/mol. The maximum absolute atomic E-state index is 13.3. The van der Waals surface area contributed by atoms with Crippen molar-refractivity contribution < 1.29 is 17.9 Å². The van der Waals surface area contributed by atoms with Gasteiger partial charge in [-0.25, -0.2) is 13.8 Å². The first-order valence-electron chi connectivity index (χ1n) is 9.74. The molecule has 0 atom stereocenters. The third-order valence-electron chi connectivity index (χ3n) is 4.55. The van der Waals surface area contributed by atoms with E-state index in [9.17, 15) is 13.2 Å². The predicted octanol–water partition coefficient (Wildman–Crippen LogP) is 4.34. The van der Waals surface area contributed by atoms with Crippen molar-refractivity contribution in [3.63, 3.8) is 0 Å². The zero-order valence-corrected chi connectivity index (χ0v) is 19.9. The standard InChI is InChI=1S/C23H21Cl2N3O4S/c1-32-22-8-3-2-6-18(22)14-26-27-23(29)16-28(15-17-5-4-7-20(25)13-17)33(30,31)21-11-9-19(24)10-12-21/h2-14H,15-16H2,1H3,(H,27,29)/b26-14-. The number of rotatable bonds is 9. The lowest BCUT2D eigenvalue weighted by Gasteiger charge is -2.21. The number of hydrogen-bond donors (Lipinski definition) is 1. The summed E-state index contributed by atoms with van der Waals surface area (Å²) in [4.78, 5) is 12.6. The summed E-state index contributed by atoms with van der Waals surface area (Å²) in [6.07, 6.45) is 1.42. The molecule has 0 saturated carbocycles. The largest absolute Gasteiger partial charge is 0.496 e. The number of benzene rings is 3. The summed E-state index contributed by atoms with van der Waals surface area (Å²) in [7, 11) is -2.48. The van der Waals surface area contributed by atoms with E-state index in [-0.39, 0.29) is 11.4 Å². The Labute approximate surface area is 202 Å². The van der Waals surface area contributed by atoms with Gasteiger partial charge in [-0.2, -0.15) is 9.41 Å². The van der Waals surface area contributed by atoms with Crippen LogP contribution in [0, 0.1) is 0 Å². The van der Waals surface area contributed by atoms with Gasteiger partial charge in [0, 0.05) is 22.2 Å². The fourth-order valence-electron chi connectivity index (χ4n) is 2.96. The van der Waals surface area contributed by atoms with Crippen LogP contribution in [0.5, 0.6) is 5.75 Å². The molecule has 3 aromatic carbocycles. The molecule has 0 aliphatic heterocycles. The molecule has 0 spiro atoms. The van der Waals surface area contributed by atoms with Gasteiger partial charge in [-0.05, 0) is 54.1 Å². The molecule has 7 nitrogen and oxygen atoms in total. The van der Waals surface area contributed by atoms with Crippen molar-refractivity contribution in [2.75, 3.05) is 13.7 Å². The number of ether oxygens (including phenoxy) is 1. The number of carbonyl (C=O) groups excluding carboxylic acids is 1. The van der Waals surface area contributed by atoms with Crippen LogP contribution in [-0.2, 0) is 21.4 Å². The molecule has 3 rings (SSSR count). The topological polar surface area (TPSA) is 88.1 Å². The van der Waals surface area contributed by atoms with E-state index in [0.717, 1.165) is 4.31 Å². The number of hydrazone groups is 1. The number of sulfonamides is 1. The summed E-state index contributed by atoms with van der Waals surface area (Å²) in [6, 6.07) is 19.6. The van der Waals surface area contributed by atoms with Crippen molar-refractivity contribution in [1.82, 2.24) is 9.73 Å². The van der Waals surface area contributed by atoms with Crippen molar-refractivity contribution in [2.45, 2.75) is 11.4 Å². The van der Waals surface area contributed by atoms with Gasteiger partial charge in [-0.3, -0.25) is 4.79 Å². The average Bonchev–Trinajstić information content (AvgIpc) is 2.79. The average molecular weight is 506 g/mol. The molecule has 0 aromatic heterocycles. The summed E-state index contributed by atoms with van der Waals surface area (Å²) in [5, 5.41) is 4.79. The highest BCUT2D eigenvalue weighted by atomic mass is 35.5. The Hall–Kier alpha value is -2.91. The lowest BCUT2D eigenvalue weighted by Crippen LogP contribution is -2.39. The molecule has 0 fully saturated rings. The van der Waals surface area contributed by atoms with E-state index in [1.807, 2.05) is 6.07 Å². The van der Waals surface area contributed by atoms with Crippen molar-refractivity contribution in [3.8, 4) is 5.75 Å². The first-order valence-corrected chi connectivity index (χ1v) is 11.9. The molecule has 10 heteroatoms. The summed E-state index contributed by atoms with van der Waals surface area (Å²) in [5.41, 5.74) is 3.65. The van der Waals surface area contributed by atoms with E-state index in [2.05, 4.69) is 10.5 Å². The number of para-hydroxylation sites is 1. The van der Waals surface area contributed by atoms with Crippen molar-refractivity contribution >= 4 is 45.3 Å². The number of nitrogens with zero attached hydrogens (tertiary/aromatic N) is 2. The van der Waals surface area contributed by atoms with Crippen LogP contribution >= 0.6 is 23.2 Å². The van der Waals surface area contributed by atoms with Gasteiger partial charge in [0.05, 0.1) is 24.8 Å². The molecule has 33 heavy (non-hydrogen) atoms. The van der Waals surface area contributed by atoms with E-state index in [4.69, 9.17) is 27.9 Å². The molecule has 0 saturated heterocycles. The van der Waals surface area contributed by atoms with E-state index >= 15 is 0 Å². The molecule has 3 aromatic rings. The Morgan fingerprint density at radius 2 is 1.76 bits per heavy atom. The SMILES string of the molecule is COc1ccccc1/C=N\NC(=O)CN(Cc1cccc(Cl)c1)S(=O)(=O)c1ccc(Cl)cc1. The first kappa shape index (κ1) is 24.7. The van der Waals surface area contributed by atoms with E-state index in [1.165, 1.54) is 37.6 Å². The zero-order chi connectivity index (χ0) is 23.8. The smallest absolute Gasteiger partial charge is 0.255 e. The van der Waals surface area contributed by atoms with Crippen LogP contribution in [0.4, 0.5) is 0 Å². The number of methoxy groups -OCH3 is 1. The lowest BCUT2D eigenvalue weighted by molar-refractivity contribution is -0.121. The van der Waals surface area contributed by atoms with Gasteiger partial charge in [-0.15, -0.1) is 0 Å². The second-order valence-electron chi connectivity index (χ2n) is 6.89. The fourth-order valence-corrected chi connectivity index (χ4v) is 4.69. The third-order valence-corrected chi connectivity index (χ3v) is 6.84. The van der Waals surface area contributed by atoms with Crippen LogP contribution in [0.1, 0.15) is 11.1 Å². The maximum atomic E-state index is 13.3. The van der Waals surface area contributed by atoms with Crippen molar-refractivity contribution in [3.05, 3.63) is 94.0 Å². The van der Waals surface area contributed by atoms with Gasteiger partial charge >= 0.3 is 0 Å². The molecule has 0 radical (unpaired) electrons. The highest BCUT2D eigenvalue weighted by Gasteiger charge is 2.27. The molecular weight excluding hydrogens is 485 g/mol. The minimum atomic E-state index is -4.01. The molecular formula is C23H21Cl2N3O4S. The minimum Gasteiger partial charge on any atom is -0.496 e.